The summed E-state index contributed by atoms with van der Waals surface area (Å²) in [5, 5.41) is 10.6. The smallest absolute Gasteiger partial charge is 0.107 e. The molecule has 0 bridgehead atoms. The third kappa shape index (κ3) is 2.64. The first-order valence-electron chi connectivity index (χ1n) is 5.61. The molecule has 0 radical (unpaired) electrons. The third-order valence-corrected chi connectivity index (χ3v) is 5.66. The van der Waals surface area contributed by atoms with Gasteiger partial charge in [-0.15, -0.1) is 11.3 Å². The maximum absolute atomic E-state index is 10.6. The van der Waals surface area contributed by atoms with Crippen molar-refractivity contribution in [1.82, 2.24) is 0 Å². The van der Waals surface area contributed by atoms with Crippen molar-refractivity contribution in [1.29, 1.82) is 0 Å². The average molecular weight is 346 g/mol. The molecule has 1 atom stereocenters. The topological polar surface area (TPSA) is 20.2 Å². The standard InChI is InChI=1S/C14H14BrClOS/c1-14(2,9-6-4-3-5-7-9)12(17)11-8-10(15)13(16)18-11/h3-8,12,17H,1-2H3. The Morgan fingerprint density at radius 2 is 1.89 bits per heavy atom. The predicted molar refractivity (Wildman–Crippen MR) is 81.5 cm³/mol. The molecule has 4 heteroatoms. The summed E-state index contributed by atoms with van der Waals surface area (Å²) in [7, 11) is 0. The van der Waals surface area contributed by atoms with E-state index in [1.54, 1.807) is 0 Å². The normalized spacial score (nSPS) is 13.6. The molecule has 1 N–H and O–H groups in total. The molecule has 1 unspecified atom stereocenters. The maximum Gasteiger partial charge on any atom is 0.107 e. The number of benzene rings is 1. The number of hydrogen-bond donors (Lipinski definition) is 1. The molecule has 1 heterocycles. The van der Waals surface area contributed by atoms with Gasteiger partial charge >= 0.3 is 0 Å². The summed E-state index contributed by atoms with van der Waals surface area (Å²) in [6.07, 6.45) is -0.575. The van der Waals surface area contributed by atoms with Gasteiger partial charge in [0.1, 0.15) is 4.34 Å². The van der Waals surface area contributed by atoms with E-state index in [4.69, 9.17) is 11.6 Å². The van der Waals surface area contributed by atoms with Gasteiger partial charge in [0.25, 0.3) is 0 Å². The maximum atomic E-state index is 10.6. The van der Waals surface area contributed by atoms with Crippen molar-refractivity contribution >= 4 is 38.9 Å². The lowest BCUT2D eigenvalue weighted by molar-refractivity contribution is 0.104. The molecule has 2 rings (SSSR count). The molecule has 1 aromatic heterocycles. The van der Waals surface area contributed by atoms with Crippen molar-refractivity contribution in [2.24, 2.45) is 0 Å². The van der Waals surface area contributed by atoms with Gasteiger partial charge in [0, 0.05) is 14.8 Å². The van der Waals surface area contributed by atoms with E-state index in [0.29, 0.717) is 4.34 Å². The summed E-state index contributed by atoms with van der Waals surface area (Å²) in [5.41, 5.74) is 0.757. The van der Waals surface area contributed by atoms with Crippen molar-refractivity contribution in [3.05, 3.63) is 55.6 Å². The molecule has 0 fully saturated rings. The fourth-order valence-corrected chi connectivity index (χ4v) is 3.79. The van der Waals surface area contributed by atoms with E-state index in [-0.39, 0.29) is 5.41 Å². The lowest BCUT2D eigenvalue weighted by atomic mass is 9.79. The van der Waals surface area contributed by atoms with Crippen molar-refractivity contribution in [2.45, 2.75) is 25.4 Å². The molecule has 1 nitrogen and oxygen atoms in total. The number of rotatable bonds is 3. The summed E-state index contributed by atoms with van der Waals surface area (Å²) in [6.45, 7) is 4.07. The number of halogens is 2. The zero-order valence-corrected chi connectivity index (χ0v) is 13.3. The van der Waals surface area contributed by atoms with E-state index < -0.39 is 6.10 Å². The van der Waals surface area contributed by atoms with E-state index in [2.05, 4.69) is 15.9 Å². The molecule has 0 aliphatic rings. The van der Waals surface area contributed by atoms with Crippen LogP contribution in [0.2, 0.25) is 4.34 Å². The highest BCUT2D eigenvalue weighted by Gasteiger charge is 2.32. The molecule has 0 spiro atoms. The van der Waals surface area contributed by atoms with Crippen molar-refractivity contribution in [2.75, 3.05) is 0 Å². The fourth-order valence-electron chi connectivity index (χ4n) is 1.88. The van der Waals surface area contributed by atoms with Crippen LogP contribution in [-0.2, 0) is 5.41 Å². The summed E-state index contributed by atoms with van der Waals surface area (Å²) in [6, 6.07) is 11.9. The Kier molecular flexibility index (Phi) is 4.17. The van der Waals surface area contributed by atoms with Gasteiger partial charge in [0.2, 0.25) is 0 Å². The Balaban J connectivity index is 2.35. The molecule has 2 aromatic rings. The molecular formula is C14H14BrClOS. The van der Waals surface area contributed by atoms with Crippen LogP contribution in [0.15, 0.2) is 40.9 Å². The van der Waals surface area contributed by atoms with Crippen LogP contribution in [0, 0.1) is 0 Å². The Morgan fingerprint density at radius 1 is 1.28 bits per heavy atom. The number of thiophene rings is 1. The Labute approximate surface area is 125 Å². The van der Waals surface area contributed by atoms with E-state index >= 15 is 0 Å². The van der Waals surface area contributed by atoms with Gasteiger partial charge in [-0.25, -0.2) is 0 Å². The molecule has 1 aromatic carbocycles. The Morgan fingerprint density at radius 3 is 2.39 bits per heavy atom. The second-order valence-corrected chi connectivity index (χ2v) is 7.30. The SMILES string of the molecule is CC(C)(c1ccccc1)C(O)c1cc(Br)c(Cl)s1. The second kappa shape index (κ2) is 5.33. The Hall–Kier alpha value is -0.350. The van der Waals surface area contributed by atoms with E-state index in [0.717, 1.165) is 14.9 Å². The monoisotopic (exact) mass is 344 g/mol. The van der Waals surface area contributed by atoms with Crippen LogP contribution in [0.25, 0.3) is 0 Å². The molecule has 0 aliphatic heterocycles. The van der Waals surface area contributed by atoms with Crippen LogP contribution in [0.3, 0.4) is 0 Å². The zero-order chi connectivity index (χ0) is 13.3. The first-order valence-corrected chi connectivity index (χ1v) is 7.60. The van der Waals surface area contributed by atoms with Gasteiger partial charge in [-0.1, -0.05) is 55.8 Å². The van der Waals surface area contributed by atoms with E-state index in [1.807, 2.05) is 50.2 Å². The van der Waals surface area contributed by atoms with Crippen LogP contribution in [0.5, 0.6) is 0 Å². The van der Waals surface area contributed by atoms with Crippen molar-refractivity contribution < 1.29 is 5.11 Å². The van der Waals surface area contributed by atoms with Gasteiger partial charge in [0.15, 0.2) is 0 Å². The predicted octanol–water partition coefficient (Wildman–Crippen LogP) is 5.18. The van der Waals surface area contributed by atoms with Gasteiger partial charge < -0.3 is 5.11 Å². The Bertz CT molecular complexity index is 516. The summed E-state index contributed by atoms with van der Waals surface area (Å²) in [4.78, 5) is 0.876. The number of aliphatic hydroxyl groups is 1. The van der Waals surface area contributed by atoms with Crippen molar-refractivity contribution in [3.63, 3.8) is 0 Å². The number of aliphatic hydroxyl groups excluding tert-OH is 1. The van der Waals surface area contributed by atoms with Crippen molar-refractivity contribution in [3.8, 4) is 0 Å². The molecule has 0 amide bonds. The minimum Gasteiger partial charge on any atom is -0.387 e. The summed E-state index contributed by atoms with van der Waals surface area (Å²) < 4.78 is 1.51. The summed E-state index contributed by atoms with van der Waals surface area (Å²) in [5.74, 6) is 0. The minimum atomic E-state index is -0.575. The highest BCUT2D eigenvalue weighted by atomic mass is 79.9. The molecule has 96 valence electrons. The highest BCUT2D eigenvalue weighted by Crippen LogP contribution is 2.43. The highest BCUT2D eigenvalue weighted by molar-refractivity contribution is 9.10. The quantitative estimate of drug-likeness (QED) is 0.813. The van der Waals surface area contributed by atoms with Crippen LogP contribution in [-0.4, -0.2) is 5.11 Å². The molecule has 18 heavy (non-hydrogen) atoms. The van der Waals surface area contributed by atoms with Gasteiger partial charge in [0.05, 0.1) is 6.10 Å². The third-order valence-electron chi connectivity index (χ3n) is 3.14. The number of hydrogen-bond acceptors (Lipinski definition) is 2. The lowest BCUT2D eigenvalue weighted by Crippen LogP contribution is -2.26. The van der Waals surface area contributed by atoms with Gasteiger partial charge in [-0.05, 0) is 27.6 Å². The molecular weight excluding hydrogens is 332 g/mol. The molecule has 0 aliphatic carbocycles. The van der Waals surface area contributed by atoms with E-state index in [1.165, 1.54) is 11.3 Å². The first kappa shape index (κ1) is 14.1. The summed E-state index contributed by atoms with van der Waals surface area (Å²) >= 11 is 10.8. The zero-order valence-electron chi connectivity index (χ0n) is 10.2. The fraction of sp³-hybridized carbons (Fsp3) is 0.286. The van der Waals surface area contributed by atoms with Gasteiger partial charge in [-0.2, -0.15) is 0 Å². The molecule has 0 saturated carbocycles. The second-order valence-electron chi connectivity index (χ2n) is 4.76. The molecule has 0 saturated heterocycles. The largest absolute Gasteiger partial charge is 0.387 e. The van der Waals surface area contributed by atoms with E-state index in [9.17, 15) is 5.11 Å². The van der Waals surface area contributed by atoms with Crippen LogP contribution in [0.1, 0.15) is 30.4 Å². The van der Waals surface area contributed by atoms with Crippen LogP contribution in [0.4, 0.5) is 0 Å². The van der Waals surface area contributed by atoms with Crippen LogP contribution >= 0.6 is 38.9 Å². The minimum absolute atomic E-state index is 0.352. The lowest BCUT2D eigenvalue weighted by Gasteiger charge is -2.30. The average Bonchev–Trinajstić information content (AvgIpc) is 2.69. The first-order chi connectivity index (χ1) is 8.43. The van der Waals surface area contributed by atoms with Gasteiger partial charge in [-0.3, -0.25) is 0 Å². The van der Waals surface area contributed by atoms with Crippen LogP contribution < -0.4 is 0 Å².